The van der Waals surface area contributed by atoms with Crippen LogP contribution in [0.5, 0.6) is 0 Å². The molecule has 1 aliphatic carbocycles. The van der Waals surface area contributed by atoms with E-state index in [0.717, 1.165) is 24.2 Å². The molecule has 1 aliphatic heterocycles. The fourth-order valence-electron chi connectivity index (χ4n) is 3.16. The van der Waals surface area contributed by atoms with Crippen molar-refractivity contribution in [2.45, 2.75) is 44.6 Å². The number of amides is 1. The number of hydrogen-bond acceptors (Lipinski definition) is 3. The number of carbonyl (C=O) groups is 1. The third-order valence-electron chi connectivity index (χ3n) is 4.47. The van der Waals surface area contributed by atoms with E-state index in [2.05, 4.69) is 22.8 Å². The van der Waals surface area contributed by atoms with E-state index in [1.165, 1.54) is 25.7 Å². The second-order valence-electron chi connectivity index (χ2n) is 6.08. The number of nitrogens with one attached hydrogen (secondary N) is 2. The molecule has 114 valence electrons. The number of ether oxygens (including phenoxy) is 1. The van der Waals surface area contributed by atoms with Crippen molar-refractivity contribution < 1.29 is 9.53 Å². The third kappa shape index (κ3) is 3.97. The van der Waals surface area contributed by atoms with Gasteiger partial charge in [-0.15, -0.1) is 0 Å². The molecule has 4 nitrogen and oxygen atoms in total. The molecule has 4 heteroatoms. The van der Waals surface area contributed by atoms with Gasteiger partial charge in [0.25, 0.3) is 0 Å². The van der Waals surface area contributed by atoms with E-state index in [-0.39, 0.29) is 11.8 Å². The highest BCUT2D eigenvalue weighted by Gasteiger charge is 2.21. The van der Waals surface area contributed by atoms with Crippen LogP contribution in [0.25, 0.3) is 0 Å². The lowest BCUT2D eigenvalue weighted by molar-refractivity contribution is -0.122. The lowest BCUT2D eigenvalue weighted by Gasteiger charge is -2.21. The van der Waals surface area contributed by atoms with Gasteiger partial charge in [-0.25, -0.2) is 0 Å². The molecule has 0 unspecified atom stereocenters. The standard InChI is InChI=1S/C17H24N2O2/c20-17(13-9-11-21-12-10-13)19-16-7-5-15(6-8-16)18-14-3-1-2-4-14/h5-8,13-14,18H,1-4,9-12H2,(H,19,20). The topological polar surface area (TPSA) is 50.4 Å². The van der Waals surface area contributed by atoms with Gasteiger partial charge in [0.15, 0.2) is 0 Å². The maximum absolute atomic E-state index is 12.1. The molecule has 1 saturated carbocycles. The first-order valence-corrected chi connectivity index (χ1v) is 8.06. The predicted octanol–water partition coefficient (Wildman–Crippen LogP) is 3.41. The first kappa shape index (κ1) is 14.4. The van der Waals surface area contributed by atoms with Gasteiger partial charge >= 0.3 is 0 Å². The van der Waals surface area contributed by atoms with Crippen molar-refractivity contribution in [3.05, 3.63) is 24.3 Å². The summed E-state index contributed by atoms with van der Waals surface area (Å²) < 4.78 is 5.29. The van der Waals surface area contributed by atoms with Crippen LogP contribution < -0.4 is 10.6 Å². The molecule has 1 aromatic carbocycles. The Balaban J connectivity index is 1.52. The van der Waals surface area contributed by atoms with Crippen LogP contribution in [0.1, 0.15) is 38.5 Å². The monoisotopic (exact) mass is 288 g/mol. The van der Waals surface area contributed by atoms with Gasteiger partial charge in [0.2, 0.25) is 5.91 Å². The maximum Gasteiger partial charge on any atom is 0.227 e. The Bertz CT molecular complexity index is 460. The minimum atomic E-state index is 0.0926. The van der Waals surface area contributed by atoms with Gasteiger partial charge in [-0.3, -0.25) is 4.79 Å². The summed E-state index contributed by atoms with van der Waals surface area (Å²) in [4.78, 5) is 12.1. The van der Waals surface area contributed by atoms with Crippen LogP contribution in [-0.4, -0.2) is 25.2 Å². The number of benzene rings is 1. The summed E-state index contributed by atoms with van der Waals surface area (Å²) in [6, 6.07) is 8.69. The average Bonchev–Trinajstić information content (AvgIpc) is 3.03. The Morgan fingerprint density at radius 3 is 2.24 bits per heavy atom. The minimum Gasteiger partial charge on any atom is -0.382 e. The first-order valence-electron chi connectivity index (χ1n) is 8.06. The Morgan fingerprint density at radius 2 is 1.57 bits per heavy atom. The van der Waals surface area contributed by atoms with Crippen molar-refractivity contribution in [3.8, 4) is 0 Å². The molecular formula is C17H24N2O2. The molecule has 1 aromatic rings. The normalized spacial score (nSPS) is 20.4. The zero-order valence-electron chi connectivity index (χ0n) is 12.4. The molecule has 1 heterocycles. The molecule has 3 rings (SSSR count). The van der Waals surface area contributed by atoms with Gasteiger partial charge in [0.1, 0.15) is 0 Å². The molecule has 0 spiro atoms. The van der Waals surface area contributed by atoms with E-state index in [4.69, 9.17) is 4.74 Å². The van der Waals surface area contributed by atoms with Crippen molar-refractivity contribution in [1.29, 1.82) is 0 Å². The largest absolute Gasteiger partial charge is 0.382 e. The maximum atomic E-state index is 12.1. The Labute approximate surface area is 126 Å². The highest BCUT2D eigenvalue weighted by Crippen LogP contribution is 2.23. The molecular weight excluding hydrogens is 264 g/mol. The van der Waals surface area contributed by atoms with Crippen molar-refractivity contribution >= 4 is 17.3 Å². The lowest BCUT2D eigenvalue weighted by Crippen LogP contribution is -2.28. The van der Waals surface area contributed by atoms with Crippen LogP contribution in [0.4, 0.5) is 11.4 Å². The van der Waals surface area contributed by atoms with Gasteiger partial charge in [-0.05, 0) is 49.9 Å². The zero-order chi connectivity index (χ0) is 14.5. The van der Waals surface area contributed by atoms with E-state index in [1.54, 1.807) is 0 Å². The van der Waals surface area contributed by atoms with Crippen LogP contribution in [0, 0.1) is 5.92 Å². The smallest absolute Gasteiger partial charge is 0.227 e. The second kappa shape index (κ2) is 6.94. The van der Waals surface area contributed by atoms with Crippen molar-refractivity contribution in [3.63, 3.8) is 0 Å². The van der Waals surface area contributed by atoms with E-state index < -0.39 is 0 Å². The Hall–Kier alpha value is -1.55. The fraction of sp³-hybridized carbons (Fsp3) is 0.588. The molecule has 0 aromatic heterocycles. The number of rotatable bonds is 4. The number of carbonyl (C=O) groups excluding carboxylic acids is 1. The van der Waals surface area contributed by atoms with Crippen molar-refractivity contribution in [2.24, 2.45) is 5.92 Å². The van der Waals surface area contributed by atoms with E-state index in [0.29, 0.717) is 19.3 Å². The molecule has 0 radical (unpaired) electrons. The third-order valence-corrected chi connectivity index (χ3v) is 4.47. The molecule has 1 saturated heterocycles. The Kier molecular flexibility index (Phi) is 4.76. The molecule has 1 amide bonds. The van der Waals surface area contributed by atoms with Crippen molar-refractivity contribution in [2.75, 3.05) is 23.8 Å². The summed E-state index contributed by atoms with van der Waals surface area (Å²) in [6.07, 6.45) is 6.85. The average molecular weight is 288 g/mol. The summed E-state index contributed by atoms with van der Waals surface area (Å²) in [5.74, 6) is 0.213. The summed E-state index contributed by atoms with van der Waals surface area (Å²) >= 11 is 0. The number of hydrogen-bond donors (Lipinski definition) is 2. The lowest BCUT2D eigenvalue weighted by atomic mass is 9.99. The zero-order valence-corrected chi connectivity index (χ0v) is 12.4. The number of anilines is 2. The van der Waals surface area contributed by atoms with Crippen LogP contribution in [0.2, 0.25) is 0 Å². The first-order chi connectivity index (χ1) is 10.3. The van der Waals surface area contributed by atoms with Crippen LogP contribution in [-0.2, 0) is 9.53 Å². The SMILES string of the molecule is O=C(Nc1ccc(NC2CCCC2)cc1)C1CCOCC1. The highest BCUT2D eigenvalue weighted by molar-refractivity contribution is 5.92. The van der Waals surface area contributed by atoms with E-state index in [9.17, 15) is 4.79 Å². The summed E-state index contributed by atoms with van der Waals surface area (Å²) in [6.45, 7) is 1.39. The van der Waals surface area contributed by atoms with E-state index >= 15 is 0 Å². The molecule has 0 bridgehead atoms. The van der Waals surface area contributed by atoms with E-state index in [1.807, 2.05) is 12.1 Å². The summed E-state index contributed by atoms with van der Waals surface area (Å²) in [5.41, 5.74) is 2.02. The summed E-state index contributed by atoms with van der Waals surface area (Å²) in [5, 5.41) is 6.57. The minimum absolute atomic E-state index is 0.0926. The van der Waals surface area contributed by atoms with Crippen molar-refractivity contribution in [1.82, 2.24) is 0 Å². The Morgan fingerprint density at radius 1 is 0.952 bits per heavy atom. The molecule has 2 aliphatic rings. The van der Waals surface area contributed by atoms with Gasteiger partial charge in [0.05, 0.1) is 0 Å². The molecule has 2 N–H and O–H groups in total. The van der Waals surface area contributed by atoms with Crippen LogP contribution in [0.15, 0.2) is 24.3 Å². The van der Waals surface area contributed by atoms with Gasteiger partial charge < -0.3 is 15.4 Å². The predicted molar refractivity (Wildman–Crippen MR) is 84.5 cm³/mol. The molecule has 0 atom stereocenters. The summed E-state index contributed by atoms with van der Waals surface area (Å²) in [7, 11) is 0. The van der Waals surface area contributed by atoms with Gasteiger partial charge in [-0.2, -0.15) is 0 Å². The second-order valence-corrected chi connectivity index (χ2v) is 6.08. The van der Waals surface area contributed by atoms with Crippen LogP contribution in [0.3, 0.4) is 0 Å². The fourth-order valence-corrected chi connectivity index (χ4v) is 3.16. The molecule has 2 fully saturated rings. The van der Waals surface area contributed by atoms with Gasteiger partial charge in [-0.1, -0.05) is 12.8 Å². The molecule has 21 heavy (non-hydrogen) atoms. The van der Waals surface area contributed by atoms with Crippen LogP contribution >= 0.6 is 0 Å². The van der Waals surface area contributed by atoms with Gasteiger partial charge in [0, 0.05) is 36.5 Å². The highest BCUT2D eigenvalue weighted by atomic mass is 16.5. The quantitative estimate of drug-likeness (QED) is 0.892.